The van der Waals surface area contributed by atoms with E-state index in [1.807, 2.05) is 0 Å². The normalized spacial score (nSPS) is 32.7. The molecule has 2 saturated heterocycles. The number of piperidine rings is 1. The molecule has 0 aliphatic carbocycles. The van der Waals surface area contributed by atoms with Gasteiger partial charge in [-0.25, -0.2) is 0 Å². The van der Waals surface area contributed by atoms with E-state index in [1.54, 1.807) is 0 Å². The molecule has 0 aromatic heterocycles. The highest BCUT2D eigenvalue weighted by atomic mass is 15.1. The molecule has 84 valence electrons. The Morgan fingerprint density at radius 2 is 2.27 bits per heavy atom. The van der Waals surface area contributed by atoms with Gasteiger partial charge in [-0.1, -0.05) is 0 Å². The van der Waals surface area contributed by atoms with Crippen LogP contribution in [0.3, 0.4) is 0 Å². The lowest BCUT2D eigenvalue weighted by Crippen LogP contribution is -2.43. The number of nitrogens with zero attached hydrogens (tertiary/aromatic N) is 1. The lowest BCUT2D eigenvalue weighted by molar-refractivity contribution is 0.154. The average molecular weight is 206 g/mol. The Morgan fingerprint density at radius 1 is 1.33 bits per heavy atom. The summed E-state index contributed by atoms with van der Waals surface area (Å²) < 4.78 is 0. The van der Waals surface area contributed by atoms with Crippen molar-refractivity contribution in [3.05, 3.63) is 0 Å². The summed E-state index contributed by atoms with van der Waals surface area (Å²) in [5.74, 6) is 3.62. The first-order valence-corrected chi connectivity index (χ1v) is 6.29. The summed E-state index contributed by atoms with van der Waals surface area (Å²) in [4.78, 5) is 2.55. The number of likely N-dealkylation sites (tertiary alicyclic amines) is 1. The van der Waals surface area contributed by atoms with Gasteiger partial charge in [-0.2, -0.15) is 0 Å². The molecule has 0 amide bonds. The fourth-order valence-electron chi connectivity index (χ4n) is 2.96. The lowest BCUT2D eigenvalue weighted by atomic mass is 9.90. The molecule has 0 spiro atoms. The number of nitrogens with one attached hydrogen (secondary N) is 1. The molecule has 2 rings (SSSR count). The van der Waals surface area contributed by atoms with Crippen molar-refractivity contribution in [2.24, 2.45) is 5.92 Å². The Morgan fingerprint density at radius 3 is 3.00 bits per heavy atom. The summed E-state index contributed by atoms with van der Waals surface area (Å²) in [6.45, 7) is 4.84. The van der Waals surface area contributed by atoms with Crippen molar-refractivity contribution in [2.75, 3.05) is 26.2 Å². The highest BCUT2D eigenvalue weighted by Gasteiger charge is 2.28. The van der Waals surface area contributed by atoms with Crippen LogP contribution in [0.5, 0.6) is 0 Å². The van der Waals surface area contributed by atoms with Gasteiger partial charge >= 0.3 is 0 Å². The summed E-state index contributed by atoms with van der Waals surface area (Å²) >= 11 is 0. The molecular weight excluding hydrogens is 184 g/mol. The van der Waals surface area contributed by atoms with E-state index in [-0.39, 0.29) is 0 Å². The van der Waals surface area contributed by atoms with Crippen LogP contribution in [0.25, 0.3) is 0 Å². The van der Waals surface area contributed by atoms with E-state index in [0.29, 0.717) is 0 Å². The van der Waals surface area contributed by atoms with E-state index < -0.39 is 0 Å². The summed E-state index contributed by atoms with van der Waals surface area (Å²) in [5.41, 5.74) is 0. The van der Waals surface area contributed by atoms with Crippen molar-refractivity contribution in [1.29, 1.82) is 0 Å². The molecule has 2 unspecified atom stereocenters. The minimum absolute atomic E-state index is 0.790. The smallest absolute Gasteiger partial charge is 0.0214 e. The van der Waals surface area contributed by atoms with Crippen molar-refractivity contribution >= 4 is 0 Å². The summed E-state index contributed by atoms with van der Waals surface area (Å²) in [7, 11) is 0. The first kappa shape index (κ1) is 11.0. The van der Waals surface area contributed by atoms with Gasteiger partial charge in [0, 0.05) is 25.6 Å². The minimum Gasteiger partial charge on any atom is -0.314 e. The van der Waals surface area contributed by atoms with Crippen molar-refractivity contribution in [2.45, 2.75) is 38.1 Å². The van der Waals surface area contributed by atoms with Gasteiger partial charge in [-0.15, -0.1) is 12.3 Å². The first-order valence-electron chi connectivity index (χ1n) is 6.29. The van der Waals surface area contributed by atoms with E-state index in [0.717, 1.165) is 24.9 Å². The van der Waals surface area contributed by atoms with Crippen LogP contribution >= 0.6 is 0 Å². The molecule has 2 nitrogen and oxygen atoms in total. The van der Waals surface area contributed by atoms with Crippen LogP contribution in [0.2, 0.25) is 0 Å². The van der Waals surface area contributed by atoms with Crippen LogP contribution in [0, 0.1) is 18.3 Å². The molecule has 2 aliphatic rings. The predicted molar refractivity (Wildman–Crippen MR) is 63.6 cm³/mol. The molecule has 0 aromatic carbocycles. The standard InChI is InChI=1S/C13H22N2/c1-2-3-9-15-10-5-6-12(11-15)13-7-4-8-14-13/h1,12-14H,3-11H2. The molecule has 0 aromatic rings. The van der Waals surface area contributed by atoms with E-state index >= 15 is 0 Å². The van der Waals surface area contributed by atoms with Crippen LogP contribution in [0.4, 0.5) is 0 Å². The number of rotatable bonds is 3. The predicted octanol–water partition coefficient (Wildman–Crippen LogP) is 1.47. The molecule has 0 bridgehead atoms. The molecular formula is C13H22N2. The van der Waals surface area contributed by atoms with Gasteiger partial charge in [0.1, 0.15) is 0 Å². The largest absolute Gasteiger partial charge is 0.314 e. The van der Waals surface area contributed by atoms with Gasteiger partial charge in [0.25, 0.3) is 0 Å². The quantitative estimate of drug-likeness (QED) is 0.704. The maximum atomic E-state index is 5.31. The topological polar surface area (TPSA) is 15.3 Å². The van der Waals surface area contributed by atoms with Crippen LogP contribution in [-0.2, 0) is 0 Å². The Kier molecular flexibility index (Phi) is 4.05. The SMILES string of the molecule is C#CCCN1CCCC(C2CCCN2)C1. The second-order valence-electron chi connectivity index (χ2n) is 4.86. The molecule has 2 atom stereocenters. The minimum atomic E-state index is 0.790. The van der Waals surface area contributed by atoms with Crippen molar-refractivity contribution in [1.82, 2.24) is 10.2 Å². The van der Waals surface area contributed by atoms with Crippen molar-refractivity contribution in [3.63, 3.8) is 0 Å². The molecule has 2 fully saturated rings. The average Bonchev–Trinajstić information content (AvgIpc) is 2.80. The van der Waals surface area contributed by atoms with Crippen LogP contribution in [-0.4, -0.2) is 37.1 Å². The number of hydrogen-bond acceptors (Lipinski definition) is 2. The third kappa shape index (κ3) is 2.96. The summed E-state index contributed by atoms with van der Waals surface area (Å²) in [5, 5.41) is 3.64. The Balaban J connectivity index is 1.78. The second-order valence-corrected chi connectivity index (χ2v) is 4.86. The van der Waals surface area contributed by atoms with Gasteiger partial charge in [0.15, 0.2) is 0 Å². The monoisotopic (exact) mass is 206 g/mol. The summed E-state index contributed by atoms with van der Waals surface area (Å²) in [6.07, 6.45) is 11.7. The molecule has 15 heavy (non-hydrogen) atoms. The van der Waals surface area contributed by atoms with E-state index in [2.05, 4.69) is 16.1 Å². The third-order valence-electron chi connectivity index (χ3n) is 3.78. The zero-order valence-electron chi connectivity index (χ0n) is 9.54. The fourth-order valence-corrected chi connectivity index (χ4v) is 2.96. The first-order chi connectivity index (χ1) is 7.40. The number of hydrogen-bond donors (Lipinski definition) is 1. The van der Waals surface area contributed by atoms with Gasteiger partial charge in [-0.05, 0) is 44.7 Å². The molecule has 0 radical (unpaired) electrons. The molecule has 2 heteroatoms. The maximum absolute atomic E-state index is 5.31. The summed E-state index contributed by atoms with van der Waals surface area (Å²) in [6, 6.07) is 0.790. The lowest BCUT2D eigenvalue weighted by Gasteiger charge is -2.35. The highest BCUT2D eigenvalue weighted by Crippen LogP contribution is 2.24. The van der Waals surface area contributed by atoms with Crippen LogP contribution in [0.1, 0.15) is 32.1 Å². The van der Waals surface area contributed by atoms with Crippen LogP contribution in [0.15, 0.2) is 0 Å². The molecule has 2 heterocycles. The van der Waals surface area contributed by atoms with Crippen molar-refractivity contribution in [3.8, 4) is 12.3 Å². The van der Waals surface area contributed by atoms with Gasteiger partial charge in [-0.3, -0.25) is 0 Å². The van der Waals surface area contributed by atoms with Gasteiger partial charge < -0.3 is 10.2 Å². The Labute approximate surface area is 93.4 Å². The van der Waals surface area contributed by atoms with Gasteiger partial charge in [0.05, 0.1) is 0 Å². The fraction of sp³-hybridized carbons (Fsp3) is 0.846. The molecule has 0 saturated carbocycles. The van der Waals surface area contributed by atoms with Crippen molar-refractivity contribution < 1.29 is 0 Å². The zero-order valence-corrected chi connectivity index (χ0v) is 9.54. The highest BCUT2D eigenvalue weighted by molar-refractivity contribution is 4.89. The molecule has 2 aliphatic heterocycles. The van der Waals surface area contributed by atoms with Crippen LogP contribution < -0.4 is 5.32 Å². The van der Waals surface area contributed by atoms with Gasteiger partial charge in [0.2, 0.25) is 0 Å². The number of terminal acetylenes is 1. The zero-order chi connectivity index (χ0) is 10.5. The Hall–Kier alpha value is -0.520. The third-order valence-corrected chi connectivity index (χ3v) is 3.78. The van der Waals surface area contributed by atoms with E-state index in [1.165, 1.54) is 45.3 Å². The molecule has 1 N–H and O–H groups in total. The van der Waals surface area contributed by atoms with E-state index in [9.17, 15) is 0 Å². The van der Waals surface area contributed by atoms with E-state index in [4.69, 9.17) is 6.42 Å². The maximum Gasteiger partial charge on any atom is 0.0214 e. The Bertz CT molecular complexity index is 225. The second kappa shape index (κ2) is 5.53.